The lowest BCUT2D eigenvalue weighted by Crippen LogP contribution is -2.37. The molecule has 1 aromatic carbocycles. The Balaban J connectivity index is 1.99. The molecule has 4 nitrogen and oxygen atoms in total. The van der Waals surface area contributed by atoms with Crippen LogP contribution in [0.2, 0.25) is 0 Å². The first-order chi connectivity index (χ1) is 8.97. The summed E-state index contributed by atoms with van der Waals surface area (Å²) in [5.74, 6) is -0.637. The van der Waals surface area contributed by atoms with E-state index in [1.165, 1.54) is 12.1 Å². The van der Waals surface area contributed by atoms with Crippen molar-refractivity contribution in [1.82, 2.24) is 5.32 Å². The Bertz CT molecular complexity index is 473. The van der Waals surface area contributed by atoms with Gasteiger partial charge in [0.2, 0.25) is 0 Å². The van der Waals surface area contributed by atoms with Crippen LogP contribution >= 0.6 is 0 Å². The van der Waals surface area contributed by atoms with Crippen molar-refractivity contribution in [3.63, 3.8) is 0 Å². The molecule has 0 heterocycles. The zero-order valence-electron chi connectivity index (χ0n) is 11.2. The molecule has 2 rings (SSSR count). The molecule has 19 heavy (non-hydrogen) atoms. The Morgan fingerprint density at radius 2 is 2.16 bits per heavy atom. The van der Waals surface area contributed by atoms with Gasteiger partial charge in [-0.1, -0.05) is 6.07 Å². The Labute approximate surface area is 112 Å². The Morgan fingerprint density at radius 3 is 2.68 bits per heavy atom. The van der Waals surface area contributed by atoms with Gasteiger partial charge in [-0.3, -0.25) is 4.79 Å². The maximum Gasteiger partial charge on any atom is 0.260 e. The number of ether oxygens (including phenoxy) is 1. The maximum absolute atomic E-state index is 13.8. The molecular weight excluding hydrogens is 247 g/mol. The van der Waals surface area contributed by atoms with Crippen LogP contribution in [0.1, 0.15) is 38.3 Å². The molecule has 5 heteroatoms. The van der Waals surface area contributed by atoms with Crippen LogP contribution in [0, 0.1) is 5.82 Å². The average Bonchev–Trinajstić information content (AvgIpc) is 3.15. The number of carbonyl (C=O) groups is 1. The van der Waals surface area contributed by atoms with Crippen LogP contribution in [0.3, 0.4) is 0 Å². The van der Waals surface area contributed by atoms with E-state index in [9.17, 15) is 9.18 Å². The van der Waals surface area contributed by atoms with E-state index in [4.69, 9.17) is 10.5 Å². The van der Waals surface area contributed by atoms with Gasteiger partial charge in [0.15, 0.2) is 17.7 Å². The fourth-order valence-electron chi connectivity index (χ4n) is 1.69. The van der Waals surface area contributed by atoms with Gasteiger partial charge >= 0.3 is 0 Å². The van der Waals surface area contributed by atoms with Crippen molar-refractivity contribution in [3.05, 3.63) is 29.6 Å². The first kappa shape index (κ1) is 13.8. The van der Waals surface area contributed by atoms with Gasteiger partial charge < -0.3 is 15.8 Å². The Kier molecular flexibility index (Phi) is 4.04. The van der Waals surface area contributed by atoms with Crippen LogP contribution < -0.4 is 15.8 Å². The summed E-state index contributed by atoms with van der Waals surface area (Å²) in [4.78, 5) is 11.7. The zero-order chi connectivity index (χ0) is 14.0. The molecule has 0 aliphatic heterocycles. The first-order valence-electron chi connectivity index (χ1n) is 6.49. The molecule has 1 saturated carbocycles. The van der Waals surface area contributed by atoms with Crippen LogP contribution in [0.5, 0.6) is 5.75 Å². The number of nitrogens with two attached hydrogens (primary N) is 1. The largest absolute Gasteiger partial charge is 0.478 e. The third-order valence-corrected chi connectivity index (χ3v) is 3.08. The lowest BCUT2D eigenvalue weighted by atomic mass is 10.1. The lowest BCUT2D eigenvalue weighted by molar-refractivity contribution is -0.127. The monoisotopic (exact) mass is 266 g/mol. The smallest absolute Gasteiger partial charge is 0.260 e. The second-order valence-electron chi connectivity index (χ2n) is 5.02. The second kappa shape index (κ2) is 5.57. The van der Waals surface area contributed by atoms with Crippen molar-refractivity contribution in [2.75, 3.05) is 0 Å². The van der Waals surface area contributed by atoms with Gasteiger partial charge in [0.1, 0.15) is 0 Å². The summed E-state index contributed by atoms with van der Waals surface area (Å²) in [7, 11) is 0. The Hall–Kier alpha value is -1.62. The number of amides is 1. The predicted molar refractivity (Wildman–Crippen MR) is 70.3 cm³/mol. The lowest BCUT2D eigenvalue weighted by Gasteiger charge is -2.16. The summed E-state index contributed by atoms with van der Waals surface area (Å²) >= 11 is 0. The van der Waals surface area contributed by atoms with E-state index in [1.54, 1.807) is 19.9 Å². The van der Waals surface area contributed by atoms with Crippen LogP contribution in [0.25, 0.3) is 0 Å². The molecule has 1 aliphatic rings. The predicted octanol–water partition coefficient (Wildman–Crippen LogP) is 1.89. The van der Waals surface area contributed by atoms with E-state index >= 15 is 0 Å². The molecule has 1 aliphatic carbocycles. The summed E-state index contributed by atoms with van der Waals surface area (Å²) in [6, 6.07) is 4.58. The minimum absolute atomic E-state index is 0.0721. The molecule has 1 unspecified atom stereocenters. The number of carbonyl (C=O) groups excluding carboxylic acids is 1. The van der Waals surface area contributed by atoms with Crippen molar-refractivity contribution in [2.24, 2.45) is 5.73 Å². The van der Waals surface area contributed by atoms with Gasteiger partial charge in [-0.05, 0) is 44.4 Å². The molecule has 1 aromatic rings. The van der Waals surface area contributed by atoms with Crippen molar-refractivity contribution in [1.29, 1.82) is 0 Å². The highest BCUT2D eigenvalue weighted by Gasteiger charge is 2.26. The fraction of sp³-hybridized carbons (Fsp3) is 0.500. The van der Waals surface area contributed by atoms with Crippen molar-refractivity contribution in [2.45, 2.75) is 44.9 Å². The third kappa shape index (κ3) is 3.67. The first-order valence-corrected chi connectivity index (χ1v) is 6.49. The maximum atomic E-state index is 13.8. The molecule has 1 fully saturated rings. The normalized spacial score (nSPS) is 17.7. The van der Waals surface area contributed by atoms with E-state index in [0.29, 0.717) is 5.56 Å². The van der Waals surface area contributed by atoms with Crippen LogP contribution in [0.15, 0.2) is 18.2 Å². The van der Waals surface area contributed by atoms with Crippen LogP contribution in [0.4, 0.5) is 4.39 Å². The SMILES string of the molecule is CC(Oc1ccc([C@H](C)N)cc1F)C(=O)NC1CC1. The van der Waals surface area contributed by atoms with Gasteiger partial charge in [0, 0.05) is 12.1 Å². The summed E-state index contributed by atoms with van der Waals surface area (Å²) < 4.78 is 19.1. The second-order valence-corrected chi connectivity index (χ2v) is 5.02. The molecule has 0 bridgehead atoms. The molecule has 2 atom stereocenters. The van der Waals surface area contributed by atoms with Crippen molar-refractivity contribution in [3.8, 4) is 5.75 Å². The molecule has 1 amide bonds. The summed E-state index contributed by atoms with van der Waals surface area (Å²) in [6.07, 6.45) is 1.31. The number of halogens is 1. The van der Waals surface area contributed by atoms with Gasteiger partial charge in [-0.2, -0.15) is 0 Å². The summed E-state index contributed by atoms with van der Waals surface area (Å²) in [5.41, 5.74) is 6.37. The highest BCUT2D eigenvalue weighted by molar-refractivity contribution is 5.81. The van der Waals surface area contributed by atoms with Gasteiger partial charge in [-0.25, -0.2) is 4.39 Å². The topological polar surface area (TPSA) is 64.3 Å². The van der Waals surface area contributed by atoms with E-state index in [2.05, 4.69) is 5.32 Å². The molecule has 0 saturated heterocycles. The fourth-order valence-corrected chi connectivity index (χ4v) is 1.69. The van der Waals surface area contributed by atoms with E-state index in [0.717, 1.165) is 12.8 Å². The van der Waals surface area contributed by atoms with E-state index < -0.39 is 11.9 Å². The summed E-state index contributed by atoms with van der Waals surface area (Å²) in [5, 5.41) is 2.82. The molecular formula is C14H19FN2O2. The van der Waals surface area contributed by atoms with Crippen LogP contribution in [-0.4, -0.2) is 18.1 Å². The number of benzene rings is 1. The Morgan fingerprint density at radius 1 is 1.47 bits per heavy atom. The molecule has 0 radical (unpaired) electrons. The van der Waals surface area contributed by atoms with E-state index in [-0.39, 0.29) is 23.7 Å². The number of hydrogen-bond acceptors (Lipinski definition) is 3. The van der Waals surface area contributed by atoms with Gasteiger partial charge in [0.25, 0.3) is 5.91 Å². The number of rotatable bonds is 5. The number of hydrogen-bond donors (Lipinski definition) is 2. The summed E-state index contributed by atoms with van der Waals surface area (Å²) in [6.45, 7) is 3.39. The zero-order valence-corrected chi connectivity index (χ0v) is 11.2. The van der Waals surface area contributed by atoms with Crippen molar-refractivity contribution >= 4 is 5.91 Å². The molecule has 104 valence electrons. The molecule has 0 spiro atoms. The van der Waals surface area contributed by atoms with Crippen molar-refractivity contribution < 1.29 is 13.9 Å². The third-order valence-electron chi connectivity index (χ3n) is 3.08. The minimum Gasteiger partial charge on any atom is -0.478 e. The minimum atomic E-state index is -0.712. The average molecular weight is 266 g/mol. The highest BCUT2D eigenvalue weighted by Crippen LogP contribution is 2.23. The molecule has 3 N–H and O–H groups in total. The standard InChI is InChI=1S/C14H19FN2O2/c1-8(16)10-3-6-13(12(15)7-10)19-9(2)14(18)17-11-4-5-11/h3,6-9,11H,4-5,16H2,1-2H3,(H,17,18)/t8-,9?/m0/s1. The van der Waals surface area contributed by atoms with E-state index in [1.807, 2.05) is 0 Å². The highest BCUT2D eigenvalue weighted by atomic mass is 19.1. The number of nitrogens with one attached hydrogen (secondary N) is 1. The van der Waals surface area contributed by atoms with Gasteiger partial charge in [0.05, 0.1) is 0 Å². The quantitative estimate of drug-likeness (QED) is 0.855. The van der Waals surface area contributed by atoms with Crippen LogP contribution in [-0.2, 0) is 4.79 Å². The van der Waals surface area contributed by atoms with Gasteiger partial charge in [-0.15, -0.1) is 0 Å². The molecule has 0 aromatic heterocycles.